The van der Waals surface area contributed by atoms with E-state index in [-0.39, 0.29) is 11.7 Å². The summed E-state index contributed by atoms with van der Waals surface area (Å²) in [7, 11) is 0. The van der Waals surface area contributed by atoms with Crippen molar-refractivity contribution in [3.8, 4) is 0 Å². The minimum atomic E-state index is -4.46. The van der Waals surface area contributed by atoms with Gasteiger partial charge in [-0.05, 0) is 32.0 Å². The van der Waals surface area contributed by atoms with Gasteiger partial charge in [0.25, 0.3) is 0 Å². The van der Waals surface area contributed by atoms with Crippen LogP contribution in [0.15, 0.2) is 24.4 Å². The second-order valence-electron chi connectivity index (χ2n) is 4.47. The van der Waals surface area contributed by atoms with E-state index in [1.807, 2.05) is 13.8 Å². The maximum atomic E-state index is 12.8. The molecule has 1 unspecified atom stereocenters. The highest BCUT2D eigenvalue weighted by atomic mass is 32.1. The number of hydrogen-bond acceptors (Lipinski definition) is 4. The minimum absolute atomic E-state index is 0.168. The third kappa shape index (κ3) is 3.22. The molecule has 0 radical (unpaired) electrons. The van der Waals surface area contributed by atoms with E-state index in [2.05, 4.69) is 10.3 Å². The number of rotatable bonds is 3. The molecule has 20 heavy (non-hydrogen) atoms. The molecule has 1 aromatic heterocycles. The third-order valence-corrected chi connectivity index (χ3v) is 3.85. The highest BCUT2D eigenvalue weighted by Crippen LogP contribution is 2.35. The molecule has 0 aliphatic carbocycles. The van der Waals surface area contributed by atoms with Gasteiger partial charge in [-0.2, -0.15) is 13.2 Å². The van der Waals surface area contributed by atoms with Crippen LogP contribution in [-0.2, 0) is 6.18 Å². The van der Waals surface area contributed by atoms with E-state index >= 15 is 0 Å². The molecule has 0 saturated carbocycles. The van der Waals surface area contributed by atoms with Crippen molar-refractivity contribution in [1.82, 2.24) is 4.98 Å². The molecular weight excluding hydrogens is 287 g/mol. The van der Waals surface area contributed by atoms with Crippen LogP contribution < -0.4 is 11.1 Å². The lowest BCUT2D eigenvalue weighted by molar-refractivity contribution is -0.136. The average molecular weight is 301 g/mol. The number of aryl methyl sites for hydroxylation is 1. The number of nitrogens with one attached hydrogen (secondary N) is 1. The molecule has 2 rings (SSSR count). The number of nitrogen functional groups attached to an aromatic ring is 1. The normalized spacial score (nSPS) is 13.2. The van der Waals surface area contributed by atoms with E-state index in [0.29, 0.717) is 5.69 Å². The number of benzene rings is 1. The van der Waals surface area contributed by atoms with Crippen molar-refractivity contribution >= 4 is 22.7 Å². The second kappa shape index (κ2) is 5.32. The van der Waals surface area contributed by atoms with Gasteiger partial charge in [0.05, 0.1) is 11.6 Å². The van der Waals surface area contributed by atoms with E-state index < -0.39 is 11.7 Å². The van der Waals surface area contributed by atoms with Gasteiger partial charge in [0.15, 0.2) is 0 Å². The number of alkyl halides is 3. The van der Waals surface area contributed by atoms with Crippen LogP contribution in [0.2, 0.25) is 0 Å². The number of aromatic nitrogens is 1. The largest absolute Gasteiger partial charge is 0.418 e. The molecule has 7 heteroatoms. The fourth-order valence-electron chi connectivity index (χ4n) is 1.78. The summed E-state index contributed by atoms with van der Waals surface area (Å²) in [5.74, 6) is 0. The number of hydrogen-bond donors (Lipinski definition) is 2. The molecule has 3 N–H and O–H groups in total. The summed E-state index contributed by atoms with van der Waals surface area (Å²) in [5.41, 5.74) is 4.62. The summed E-state index contributed by atoms with van der Waals surface area (Å²) in [5, 5.41) is 3.83. The lowest BCUT2D eigenvalue weighted by Gasteiger charge is -2.16. The predicted octanol–water partition coefficient (Wildman–Crippen LogP) is 4.23. The standard InChI is InChI=1S/C13H14F3N3S/c1-7-6-18-12(20-7)8(2)19-9-3-4-11(17)10(5-9)13(14,15)16/h3-6,8,19H,17H2,1-2H3. The van der Waals surface area contributed by atoms with Crippen molar-refractivity contribution < 1.29 is 13.2 Å². The fourth-order valence-corrected chi connectivity index (χ4v) is 2.55. The van der Waals surface area contributed by atoms with Gasteiger partial charge in [-0.15, -0.1) is 11.3 Å². The maximum absolute atomic E-state index is 12.8. The Morgan fingerprint density at radius 2 is 2.05 bits per heavy atom. The van der Waals surface area contributed by atoms with Crippen LogP contribution in [0, 0.1) is 6.92 Å². The quantitative estimate of drug-likeness (QED) is 0.834. The zero-order chi connectivity index (χ0) is 14.9. The van der Waals surface area contributed by atoms with Crippen molar-refractivity contribution in [2.75, 3.05) is 11.1 Å². The summed E-state index contributed by atoms with van der Waals surface area (Å²) >= 11 is 1.51. The smallest absolute Gasteiger partial charge is 0.398 e. The first kappa shape index (κ1) is 14.6. The Kier molecular flexibility index (Phi) is 3.89. The Balaban J connectivity index is 2.22. The molecule has 3 nitrogen and oxygen atoms in total. The van der Waals surface area contributed by atoms with Crippen LogP contribution in [-0.4, -0.2) is 4.98 Å². The highest BCUT2D eigenvalue weighted by Gasteiger charge is 2.33. The van der Waals surface area contributed by atoms with Crippen LogP contribution in [0.1, 0.15) is 28.4 Å². The van der Waals surface area contributed by atoms with Crippen molar-refractivity contribution in [2.45, 2.75) is 26.1 Å². The molecule has 1 aromatic carbocycles. The number of thiazole rings is 1. The molecule has 108 valence electrons. The number of halogens is 3. The van der Waals surface area contributed by atoms with Gasteiger partial charge in [0.1, 0.15) is 5.01 Å². The van der Waals surface area contributed by atoms with E-state index in [1.54, 1.807) is 6.20 Å². The van der Waals surface area contributed by atoms with Gasteiger partial charge in [-0.25, -0.2) is 4.98 Å². The zero-order valence-electron chi connectivity index (χ0n) is 11.0. The van der Waals surface area contributed by atoms with Crippen LogP contribution in [0.5, 0.6) is 0 Å². The van der Waals surface area contributed by atoms with Crippen molar-refractivity contribution in [2.24, 2.45) is 0 Å². The van der Waals surface area contributed by atoms with Crippen LogP contribution in [0.25, 0.3) is 0 Å². The van der Waals surface area contributed by atoms with E-state index in [0.717, 1.165) is 16.0 Å². The molecule has 0 amide bonds. The summed E-state index contributed by atoms with van der Waals surface area (Å²) in [4.78, 5) is 5.27. The Morgan fingerprint density at radius 1 is 1.35 bits per heavy atom. The molecule has 2 aromatic rings. The maximum Gasteiger partial charge on any atom is 0.418 e. The van der Waals surface area contributed by atoms with Crippen molar-refractivity contribution in [3.05, 3.63) is 39.8 Å². The highest BCUT2D eigenvalue weighted by molar-refractivity contribution is 7.11. The monoisotopic (exact) mass is 301 g/mol. The zero-order valence-corrected chi connectivity index (χ0v) is 11.8. The van der Waals surface area contributed by atoms with Gasteiger partial charge >= 0.3 is 6.18 Å². The van der Waals surface area contributed by atoms with Crippen LogP contribution in [0.3, 0.4) is 0 Å². The molecule has 0 aliphatic rings. The van der Waals surface area contributed by atoms with Gasteiger partial charge in [0, 0.05) is 22.4 Å². The molecule has 0 saturated heterocycles. The number of anilines is 2. The van der Waals surface area contributed by atoms with E-state index in [9.17, 15) is 13.2 Å². The Morgan fingerprint density at radius 3 is 2.60 bits per heavy atom. The minimum Gasteiger partial charge on any atom is -0.398 e. The fraction of sp³-hybridized carbons (Fsp3) is 0.308. The summed E-state index contributed by atoms with van der Waals surface area (Å²) in [6, 6.07) is 3.64. The van der Waals surface area contributed by atoms with Gasteiger partial charge in [-0.1, -0.05) is 0 Å². The molecule has 0 spiro atoms. The molecule has 0 aliphatic heterocycles. The van der Waals surface area contributed by atoms with Crippen LogP contribution in [0.4, 0.5) is 24.5 Å². The first-order valence-corrected chi connectivity index (χ1v) is 6.74. The lowest BCUT2D eigenvalue weighted by atomic mass is 10.1. The third-order valence-electron chi connectivity index (χ3n) is 2.75. The molecule has 1 heterocycles. The number of nitrogens with zero attached hydrogens (tertiary/aromatic N) is 1. The van der Waals surface area contributed by atoms with E-state index in [1.165, 1.54) is 23.5 Å². The van der Waals surface area contributed by atoms with Crippen molar-refractivity contribution in [3.63, 3.8) is 0 Å². The second-order valence-corrected chi connectivity index (χ2v) is 5.74. The number of nitrogens with two attached hydrogens (primary N) is 1. The van der Waals surface area contributed by atoms with E-state index in [4.69, 9.17) is 5.73 Å². The summed E-state index contributed by atoms with van der Waals surface area (Å²) in [6.45, 7) is 3.78. The molecular formula is C13H14F3N3S. The summed E-state index contributed by atoms with van der Waals surface area (Å²) < 4.78 is 38.3. The lowest BCUT2D eigenvalue weighted by Crippen LogP contribution is -2.11. The Bertz CT molecular complexity index is 607. The van der Waals surface area contributed by atoms with Gasteiger partial charge in [-0.3, -0.25) is 0 Å². The molecule has 1 atom stereocenters. The first-order valence-electron chi connectivity index (χ1n) is 5.93. The average Bonchev–Trinajstić information content (AvgIpc) is 2.77. The van der Waals surface area contributed by atoms with Gasteiger partial charge in [0.2, 0.25) is 0 Å². The van der Waals surface area contributed by atoms with Crippen molar-refractivity contribution in [1.29, 1.82) is 0 Å². The first-order chi connectivity index (χ1) is 9.27. The summed E-state index contributed by atoms with van der Waals surface area (Å²) in [6.07, 6.45) is -2.72. The SMILES string of the molecule is Cc1cnc(C(C)Nc2ccc(N)c(C(F)(F)F)c2)s1. The molecule has 0 fully saturated rings. The predicted molar refractivity (Wildman–Crippen MR) is 74.7 cm³/mol. The topological polar surface area (TPSA) is 50.9 Å². The van der Waals surface area contributed by atoms with Crippen LogP contribution >= 0.6 is 11.3 Å². The van der Waals surface area contributed by atoms with Gasteiger partial charge < -0.3 is 11.1 Å². The molecule has 0 bridgehead atoms. The Hall–Kier alpha value is -1.76. The Labute approximate surface area is 118 Å².